The number of H-pyrrole nitrogens is 1. The number of amides is 1. The molecule has 38 heavy (non-hydrogen) atoms. The molecule has 2 aromatic heterocycles. The number of nitrogens with zero attached hydrogens (tertiary/aromatic N) is 3. The molecule has 1 amide bonds. The predicted octanol–water partition coefficient (Wildman–Crippen LogP) is 4.39. The standard InChI is InChI=1S/C27H32FN5O4S/c1-17(2)16-37-22-13-20(12-21(28)14-22)24-8-7-23(27(34)32-38(35,36)25-9-10-29-31-25)26(30-24)33-11-3-4-19(15-33)18-5-6-18/h7-10,12-14,17-19H,3-6,11,15-16H2,1-2H3,(H,29,31)(H,32,34). The second-order valence-corrected chi connectivity index (χ2v) is 12.1. The van der Waals surface area contributed by atoms with Gasteiger partial charge >= 0.3 is 0 Å². The van der Waals surface area contributed by atoms with Crippen LogP contribution in [-0.4, -0.2) is 49.2 Å². The summed E-state index contributed by atoms with van der Waals surface area (Å²) in [7, 11) is -4.14. The molecule has 202 valence electrons. The number of rotatable bonds is 9. The van der Waals surface area contributed by atoms with Crippen LogP contribution in [0.5, 0.6) is 5.75 Å². The Bertz CT molecular complexity index is 1410. The molecule has 2 aliphatic rings. The molecule has 11 heteroatoms. The number of piperidine rings is 1. The molecule has 5 rings (SSSR count). The molecule has 1 saturated heterocycles. The van der Waals surface area contributed by atoms with E-state index in [9.17, 15) is 17.6 Å². The summed E-state index contributed by atoms with van der Waals surface area (Å²) in [5.74, 6) is 1.01. The van der Waals surface area contributed by atoms with Gasteiger partial charge in [0.2, 0.25) is 0 Å². The number of hydrogen-bond acceptors (Lipinski definition) is 7. The number of nitrogens with one attached hydrogen (secondary N) is 2. The smallest absolute Gasteiger partial charge is 0.281 e. The Kier molecular flexibility index (Phi) is 7.38. The Balaban J connectivity index is 1.50. The van der Waals surface area contributed by atoms with Gasteiger partial charge in [-0.15, -0.1) is 0 Å². The fourth-order valence-corrected chi connectivity index (χ4v) is 5.74. The Morgan fingerprint density at radius 1 is 1.18 bits per heavy atom. The van der Waals surface area contributed by atoms with E-state index in [4.69, 9.17) is 9.72 Å². The van der Waals surface area contributed by atoms with Gasteiger partial charge in [0, 0.05) is 24.7 Å². The number of anilines is 1. The number of carbonyl (C=O) groups excluding carboxylic acids is 1. The van der Waals surface area contributed by atoms with Gasteiger partial charge in [0.25, 0.3) is 15.9 Å². The normalized spacial score (nSPS) is 18.0. The average Bonchev–Trinajstić information content (AvgIpc) is 3.59. The minimum absolute atomic E-state index is 0.140. The lowest BCUT2D eigenvalue weighted by molar-refractivity contribution is 0.0981. The molecule has 2 fully saturated rings. The fourth-order valence-electron chi connectivity index (χ4n) is 4.86. The number of ether oxygens (including phenoxy) is 1. The van der Waals surface area contributed by atoms with Crippen LogP contribution in [0.1, 0.15) is 49.9 Å². The highest BCUT2D eigenvalue weighted by molar-refractivity contribution is 7.90. The van der Waals surface area contributed by atoms with Crippen LogP contribution in [0.2, 0.25) is 0 Å². The van der Waals surface area contributed by atoms with Crippen molar-refractivity contribution in [1.82, 2.24) is 19.9 Å². The van der Waals surface area contributed by atoms with Crippen LogP contribution in [0.3, 0.4) is 0 Å². The molecule has 1 saturated carbocycles. The molecule has 0 spiro atoms. The van der Waals surface area contributed by atoms with E-state index in [0.29, 0.717) is 47.8 Å². The molecular weight excluding hydrogens is 509 g/mol. The summed E-state index contributed by atoms with van der Waals surface area (Å²) < 4.78 is 47.8. The van der Waals surface area contributed by atoms with Crippen LogP contribution in [0, 0.1) is 23.6 Å². The number of pyridine rings is 1. The summed E-state index contributed by atoms with van der Waals surface area (Å²) in [6.07, 6.45) is 5.80. The summed E-state index contributed by atoms with van der Waals surface area (Å²) >= 11 is 0. The molecule has 0 radical (unpaired) electrons. The summed E-state index contributed by atoms with van der Waals surface area (Å²) in [6.45, 7) is 5.90. The fraction of sp³-hybridized carbons (Fsp3) is 0.444. The van der Waals surface area contributed by atoms with Gasteiger partial charge in [0.1, 0.15) is 17.4 Å². The van der Waals surface area contributed by atoms with Crippen molar-refractivity contribution in [2.45, 2.75) is 44.6 Å². The number of benzene rings is 1. The van der Waals surface area contributed by atoms with Crippen molar-refractivity contribution >= 4 is 21.7 Å². The van der Waals surface area contributed by atoms with Crippen LogP contribution in [0.4, 0.5) is 10.2 Å². The van der Waals surface area contributed by atoms with E-state index in [0.717, 1.165) is 19.4 Å². The predicted molar refractivity (Wildman–Crippen MR) is 141 cm³/mol. The van der Waals surface area contributed by atoms with E-state index in [2.05, 4.69) is 19.8 Å². The third-order valence-corrected chi connectivity index (χ3v) is 8.17. The zero-order chi connectivity index (χ0) is 26.9. The van der Waals surface area contributed by atoms with Gasteiger partial charge in [-0.3, -0.25) is 9.89 Å². The van der Waals surface area contributed by atoms with E-state index in [1.165, 1.54) is 37.2 Å². The highest BCUT2D eigenvalue weighted by Gasteiger charge is 2.35. The topological polar surface area (TPSA) is 117 Å². The molecule has 3 heterocycles. The number of hydrogen-bond donors (Lipinski definition) is 2. The third-order valence-electron chi connectivity index (χ3n) is 6.91. The van der Waals surface area contributed by atoms with Crippen LogP contribution in [0.15, 0.2) is 47.6 Å². The van der Waals surface area contributed by atoms with Gasteiger partial charge in [-0.1, -0.05) is 13.8 Å². The first-order chi connectivity index (χ1) is 18.2. The highest BCUT2D eigenvalue weighted by atomic mass is 32.2. The van der Waals surface area contributed by atoms with Gasteiger partial charge < -0.3 is 9.64 Å². The monoisotopic (exact) mass is 541 g/mol. The number of carbonyl (C=O) groups is 1. The molecule has 1 aliphatic carbocycles. The Morgan fingerprint density at radius 2 is 2.00 bits per heavy atom. The van der Waals surface area contributed by atoms with Crippen molar-refractivity contribution < 1.29 is 22.3 Å². The van der Waals surface area contributed by atoms with Gasteiger partial charge in [-0.25, -0.2) is 14.1 Å². The maximum absolute atomic E-state index is 14.5. The summed E-state index contributed by atoms with van der Waals surface area (Å²) in [4.78, 5) is 20.1. The number of sulfonamides is 1. The highest BCUT2D eigenvalue weighted by Crippen LogP contribution is 2.42. The molecule has 2 N–H and O–H groups in total. The van der Waals surface area contributed by atoms with E-state index < -0.39 is 21.7 Å². The SMILES string of the molecule is CC(C)COc1cc(F)cc(-c2ccc(C(=O)NS(=O)(=O)c3ccn[nH]3)c(N3CCCC(C4CC4)C3)n2)c1. The lowest BCUT2D eigenvalue weighted by Gasteiger charge is -2.35. The summed E-state index contributed by atoms with van der Waals surface area (Å²) in [5, 5.41) is 5.81. The number of aromatic amines is 1. The minimum atomic E-state index is -4.14. The molecule has 1 aliphatic heterocycles. The first-order valence-corrected chi connectivity index (χ1v) is 14.4. The second-order valence-electron chi connectivity index (χ2n) is 10.5. The third kappa shape index (κ3) is 5.98. The van der Waals surface area contributed by atoms with E-state index in [-0.39, 0.29) is 16.5 Å². The maximum atomic E-state index is 14.5. The zero-order valence-electron chi connectivity index (χ0n) is 21.5. The van der Waals surface area contributed by atoms with Crippen molar-refractivity contribution in [1.29, 1.82) is 0 Å². The Morgan fingerprint density at radius 3 is 2.71 bits per heavy atom. The molecule has 1 atom stereocenters. The van der Waals surface area contributed by atoms with Crippen LogP contribution in [0.25, 0.3) is 11.3 Å². The first-order valence-electron chi connectivity index (χ1n) is 13.0. The lowest BCUT2D eigenvalue weighted by Crippen LogP contribution is -2.39. The van der Waals surface area contributed by atoms with E-state index in [1.807, 2.05) is 13.8 Å². The number of aromatic nitrogens is 3. The average molecular weight is 542 g/mol. The van der Waals surface area contributed by atoms with Gasteiger partial charge in [0.15, 0.2) is 5.03 Å². The molecular formula is C27H32FN5O4S. The first kappa shape index (κ1) is 26.1. The molecule has 1 aromatic carbocycles. The van der Waals surface area contributed by atoms with Gasteiger partial charge in [-0.05, 0) is 73.8 Å². The van der Waals surface area contributed by atoms with Crippen molar-refractivity contribution in [3.63, 3.8) is 0 Å². The maximum Gasteiger partial charge on any atom is 0.281 e. The second kappa shape index (κ2) is 10.7. The molecule has 3 aromatic rings. The van der Waals surface area contributed by atoms with E-state index >= 15 is 0 Å². The zero-order valence-corrected chi connectivity index (χ0v) is 22.3. The molecule has 0 bridgehead atoms. The van der Waals surface area contributed by atoms with Crippen molar-refractivity contribution in [3.8, 4) is 17.0 Å². The Hall–Kier alpha value is -3.47. The lowest BCUT2D eigenvalue weighted by atomic mass is 9.93. The van der Waals surface area contributed by atoms with Crippen molar-refractivity contribution in [2.24, 2.45) is 17.8 Å². The van der Waals surface area contributed by atoms with Crippen LogP contribution < -0.4 is 14.4 Å². The largest absolute Gasteiger partial charge is 0.493 e. The minimum Gasteiger partial charge on any atom is -0.493 e. The van der Waals surface area contributed by atoms with Crippen molar-refractivity contribution in [2.75, 3.05) is 24.6 Å². The quantitative estimate of drug-likeness (QED) is 0.413. The molecule has 1 unspecified atom stereocenters. The van der Waals surface area contributed by atoms with Crippen LogP contribution in [-0.2, 0) is 10.0 Å². The Labute approximate surface area is 221 Å². The van der Waals surface area contributed by atoms with Gasteiger partial charge in [-0.2, -0.15) is 13.5 Å². The van der Waals surface area contributed by atoms with Gasteiger partial charge in [0.05, 0.1) is 24.1 Å². The van der Waals surface area contributed by atoms with Crippen LogP contribution >= 0.6 is 0 Å². The number of halogens is 1. The summed E-state index contributed by atoms with van der Waals surface area (Å²) in [5.41, 5.74) is 1.12. The van der Waals surface area contributed by atoms with E-state index in [1.54, 1.807) is 18.2 Å². The molecule has 9 nitrogen and oxygen atoms in total. The van der Waals surface area contributed by atoms with Crippen molar-refractivity contribution in [3.05, 3.63) is 54.0 Å². The summed E-state index contributed by atoms with van der Waals surface area (Å²) in [6, 6.07) is 8.86.